The van der Waals surface area contributed by atoms with Crippen molar-refractivity contribution in [2.75, 3.05) is 0 Å². The first kappa shape index (κ1) is 6.84. The molecule has 12 heavy (non-hydrogen) atoms. The highest BCUT2D eigenvalue weighted by Crippen LogP contribution is 2.12. The molecule has 0 atom stereocenters. The highest BCUT2D eigenvalue weighted by Gasteiger charge is 2.08. The lowest BCUT2D eigenvalue weighted by Crippen LogP contribution is -2.27. The summed E-state index contributed by atoms with van der Waals surface area (Å²) in [5.74, 6) is 0. The molecule has 4 heteroatoms. The number of nitrogens with zero attached hydrogens (tertiary/aromatic N) is 2. The fourth-order valence-electron chi connectivity index (χ4n) is 0.983. The Kier molecular flexibility index (Phi) is 1.51. The van der Waals surface area contributed by atoms with E-state index in [2.05, 4.69) is 9.68 Å². The Hall–Kier alpha value is -1.84. The molecule has 0 N–H and O–H groups in total. The SMILES string of the molecule is [O-][n+]1ccccc1-c1cnoc1. The average Bonchev–Trinajstić information content (AvgIpc) is 2.57. The van der Waals surface area contributed by atoms with Crippen molar-refractivity contribution in [1.29, 1.82) is 0 Å². The number of pyridine rings is 1. The van der Waals surface area contributed by atoms with Crippen molar-refractivity contribution in [2.45, 2.75) is 0 Å². The molecule has 2 rings (SSSR count). The number of hydrogen-bond donors (Lipinski definition) is 0. The highest BCUT2D eigenvalue weighted by atomic mass is 16.5. The second-order valence-electron chi connectivity index (χ2n) is 2.32. The van der Waals surface area contributed by atoms with Gasteiger partial charge < -0.3 is 9.73 Å². The van der Waals surface area contributed by atoms with Gasteiger partial charge in [0.2, 0.25) is 5.69 Å². The highest BCUT2D eigenvalue weighted by molar-refractivity contribution is 5.52. The van der Waals surface area contributed by atoms with E-state index in [9.17, 15) is 5.21 Å². The molecule has 0 unspecified atom stereocenters. The van der Waals surface area contributed by atoms with Gasteiger partial charge in [-0.05, 0) is 6.07 Å². The molecule has 0 spiro atoms. The summed E-state index contributed by atoms with van der Waals surface area (Å²) < 4.78 is 5.39. The third-order valence-electron chi connectivity index (χ3n) is 1.55. The third kappa shape index (κ3) is 1.03. The fourth-order valence-corrected chi connectivity index (χ4v) is 0.983. The molecule has 0 aliphatic rings. The van der Waals surface area contributed by atoms with Crippen LogP contribution in [0.15, 0.2) is 41.4 Å². The maximum atomic E-state index is 11.2. The predicted molar refractivity (Wildman–Crippen MR) is 40.9 cm³/mol. The normalized spacial score (nSPS) is 10.0. The predicted octanol–water partition coefficient (Wildman–Crippen LogP) is 0.975. The van der Waals surface area contributed by atoms with Gasteiger partial charge in [-0.15, -0.1) is 0 Å². The van der Waals surface area contributed by atoms with Gasteiger partial charge in [0, 0.05) is 12.1 Å². The van der Waals surface area contributed by atoms with Crippen molar-refractivity contribution in [3.05, 3.63) is 42.1 Å². The molecule has 0 bridgehead atoms. The van der Waals surface area contributed by atoms with E-state index in [-0.39, 0.29) is 0 Å². The van der Waals surface area contributed by atoms with E-state index in [0.29, 0.717) is 11.3 Å². The molecule has 2 aromatic rings. The third-order valence-corrected chi connectivity index (χ3v) is 1.55. The van der Waals surface area contributed by atoms with Crippen LogP contribution >= 0.6 is 0 Å². The Morgan fingerprint density at radius 3 is 3.00 bits per heavy atom. The van der Waals surface area contributed by atoms with Gasteiger partial charge in [0.25, 0.3) is 0 Å². The van der Waals surface area contributed by atoms with E-state index in [4.69, 9.17) is 0 Å². The lowest BCUT2D eigenvalue weighted by Gasteiger charge is -1.98. The van der Waals surface area contributed by atoms with Gasteiger partial charge in [0.1, 0.15) is 11.8 Å². The van der Waals surface area contributed by atoms with Crippen molar-refractivity contribution in [1.82, 2.24) is 5.16 Å². The van der Waals surface area contributed by atoms with Gasteiger partial charge in [0.15, 0.2) is 6.20 Å². The Bertz CT molecular complexity index is 370. The molecule has 0 radical (unpaired) electrons. The first-order valence-corrected chi connectivity index (χ1v) is 3.46. The summed E-state index contributed by atoms with van der Waals surface area (Å²) in [6.45, 7) is 0. The second-order valence-corrected chi connectivity index (χ2v) is 2.32. The van der Waals surface area contributed by atoms with Gasteiger partial charge in [-0.2, -0.15) is 4.73 Å². The number of rotatable bonds is 1. The molecule has 4 nitrogen and oxygen atoms in total. The quantitative estimate of drug-likeness (QED) is 0.463. The van der Waals surface area contributed by atoms with Crippen LogP contribution in [0.5, 0.6) is 0 Å². The second kappa shape index (κ2) is 2.65. The summed E-state index contributed by atoms with van der Waals surface area (Å²) >= 11 is 0. The van der Waals surface area contributed by atoms with Gasteiger partial charge in [-0.1, -0.05) is 5.16 Å². The Morgan fingerprint density at radius 2 is 2.33 bits per heavy atom. The fraction of sp³-hybridized carbons (Fsp3) is 0. The van der Waals surface area contributed by atoms with Crippen LogP contribution in [-0.4, -0.2) is 5.16 Å². The van der Waals surface area contributed by atoms with Crippen LogP contribution in [0, 0.1) is 5.21 Å². The van der Waals surface area contributed by atoms with Crippen LogP contribution < -0.4 is 4.73 Å². The summed E-state index contributed by atoms with van der Waals surface area (Å²) in [4.78, 5) is 0. The molecule has 0 saturated carbocycles. The molecule has 0 aliphatic carbocycles. The first-order chi connectivity index (χ1) is 5.88. The summed E-state index contributed by atoms with van der Waals surface area (Å²) in [5.41, 5.74) is 1.23. The molecular weight excluding hydrogens is 156 g/mol. The molecule has 0 amide bonds. The van der Waals surface area contributed by atoms with Crippen LogP contribution in [0.1, 0.15) is 0 Å². The zero-order valence-corrected chi connectivity index (χ0v) is 6.18. The maximum absolute atomic E-state index is 11.2. The zero-order chi connectivity index (χ0) is 8.39. The summed E-state index contributed by atoms with van der Waals surface area (Å²) in [6, 6.07) is 5.17. The van der Waals surface area contributed by atoms with Gasteiger partial charge in [-0.3, -0.25) is 0 Å². The Labute approximate surface area is 68.6 Å². The summed E-state index contributed by atoms with van der Waals surface area (Å²) in [5, 5.41) is 14.7. The van der Waals surface area contributed by atoms with Crippen LogP contribution in [-0.2, 0) is 0 Å². The molecule has 0 aromatic carbocycles. The number of aromatic nitrogens is 2. The van der Waals surface area contributed by atoms with Gasteiger partial charge >= 0.3 is 0 Å². The monoisotopic (exact) mass is 162 g/mol. The van der Waals surface area contributed by atoms with Crippen molar-refractivity contribution >= 4 is 0 Å². The van der Waals surface area contributed by atoms with E-state index in [1.165, 1.54) is 18.7 Å². The zero-order valence-electron chi connectivity index (χ0n) is 6.18. The van der Waals surface area contributed by atoms with E-state index in [1.807, 2.05) is 0 Å². The molecular formula is C8H6N2O2. The molecule has 0 saturated heterocycles. The molecule has 60 valence electrons. The van der Waals surface area contributed by atoms with Crippen LogP contribution in [0.3, 0.4) is 0 Å². The van der Waals surface area contributed by atoms with Crippen molar-refractivity contribution in [2.24, 2.45) is 0 Å². The van der Waals surface area contributed by atoms with Crippen molar-refractivity contribution in [3.8, 4) is 11.3 Å². The van der Waals surface area contributed by atoms with E-state index in [1.54, 1.807) is 18.2 Å². The van der Waals surface area contributed by atoms with E-state index >= 15 is 0 Å². The molecule has 2 aromatic heterocycles. The molecule has 0 aliphatic heterocycles. The maximum Gasteiger partial charge on any atom is 0.228 e. The standard InChI is InChI=1S/C8H6N2O2/c11-10-4-2-1-3-8(10)7-5-9-12-6-7/h1-6H. The Balaban J connectivity index is 2.55. The molecule has 0 fully saturated rings. The minimum atomic E-state index is 0.541. The lowest BCUT2D eigenvalue weighted by molar-refractivity contribution is -0.593. The van der Waals surface area contributed by atoms with E-state index in [0.717, 1.165) is 4.73 Å². The van der Waals surface area contributed by atoms with Crippen molar-refractivity contribution < 1.29 is 9.25 Å². The topological polar surface area (TPSA) is 53.0 Å². The smallest absolute Gasteiger partial charge is 0.228 e. The van der Waals surface area contributed by atoms with Crippen LogP contribution in [0.4, 0.5) is 0 Å². The van der Waals surface area contributed by atoms with Crippen LogP contribution in [0.2, 0.25) is 0 Å². The average molecular weight is 162 g/mol. The largest absolute Gasteiger partial charge is 0.618 e. The lowest BCUT2D eigenvalue weighted by atomic mass is 10.2. The van der Waals surface area contributed by atoms with Gasteiger partial charge in [0.05, 0.1) is 6.20 Å². The minimum absolute atomic E-state index is 0.541. The van der Waals surface area contributed by atoms with Gasteiger partial charge in [-0.25, -0.2) is 0 Å². The first-order valence-electron chi connectivity index (χ1n) is 3.46. The number of hydrogen-bond acceptors (Lipinski definition) is 3. The Morgan fingerprint density at radius 1 is 1.42 bits per heavy atom. The summed E-state index contributed by atoms with van der Waals surface area (Å²) in [6.07, 6.45) is 4.37. The van der Waals surface area contributed by atoms with Crippen LogP contribution in [0.25, 0.3) is 11.3 Å². The van der Waals surface area contributed by atoms with E-state index < -0.39 is 0 Å². The van der Waals surface area contributed by atoms with Crippen molar-refractivity contribution in [3.63, 3.8) is 0 Å². The summed E-state index contributed by atoms with van der Waals surface area (Å²) in [7, 11) is 0. The minimum Gasteiger partial charge on any atom is -0.618 e. The molecule has 2 heterocycles.